The number of aliphatic hydroxyl groups excluding tert-OH is 3. The molecule has 11 nitrogen and oxygen atoms in total. The predicted molar refractivity (Wildman–Crippen MR) is 151 cm³/mol. The lowest BCUT2D eigenvalue weighted by Gasteiger charge is -2.17. The smallest absolute Gasteiger partial charge is 0.351 e. The number of nitrogens with zero attached hydrogens (tertiary/aromatic N) is 4. The molecule has 12 heteroatoms. The molecule has 1 aliphatic rings. The van der Waals surface area contributed by atoms with Crippen molar-refractivity contribution in [3.05, 3.63) is 70.4 Å². The van der Waals surface area contributed by atoms with E-state index in [4.69, 9.17) is 26.1 Å². The molecule has 5 aromatic rings. The van der Waals surface area contributed by atoms with E-state index in [1.165, 1.54) is 6.20 Å². The minimum absolute atomic E-state index is 0.374. The molecule has 0 aliphatic carbocycles. The topological polar surface area (TPSA) is 144 Å². The number of nitrogens with one attached hydrogen (secondary N) is 1. The average Bonchev–Trinajstić information content (AvgIpc) is 3.44. The van der Waals surface area contributed by atoms with E-state index in [-0.39, 0.29) is 0 Å². The first-order chi connectivity index (χ1) is 19.4. The molecule has 0 saturated carbocycles. The standard InChI is InChI=1S/C28H28ClN5O6/c1-39-15-7-8-19-18(13-15)22-23(16-5-2-3-6-17(16)26(29)32-22)33(19)11-4-10-30-21-9-12-34(28(38)31-21)27-25(37)24(36)20(14-35)40-27/h2-3,5-9,12-13,20,24-25,27,35-37H,4,10-11,14H2,1H3,(H,30,31,38)/t20-,24-,25+,27-/m1/s1. The van der Waals surface area contributed by atoms with E-state index < -0.39 is 36.8 Å². The molecule has 208 valence electrons. The number of aromatic nitrogens is 4. The molecule has 1 saturated heterocycles. The number of halogens is 1. The van der Waals surface area contributed by atoms with Gasteiger partial charge in [-0.1, -0.05) is 35.9 Å². The number of anilines is 1. The molecule has 4 heterocycles. The number of fused-ring (bicyclic) bond motifs is 5. The zero-order chi connectivity index (χ0) is 28.0. The van der Waals surface area contributed by atoms with Gasteiger partial charge in [-0.15, -0.1) is 0 Å². The van der Waals surface area contributed by atoms with Crippen LogP contribution in [-0.4, -0.2) is 73.0 Å². The highest BCUT2D eigenvalue weighted by Crippen LogP contribution is 2.37. The summed E-state index contributed by atoms with van der Waals surface area (Å²) in [5.74, 6) is 1.11. The Morgan fingerprint density at radius 3 is 2.60 bits per heavy atom. The van der Waals surface area contributed by atoms with Gasteiger partial charge in [0.15, 0.2) is 6.23 Å². The summed E-state index contributed by atoms with van der Waals surface area (Å²) in [4.78, 5) is 21.4. The number of methoxy groups -OCH3 is 1. The molecular weight excluding hydrogens is 538 g/mol. The summed E-state index contributed by atoms with van der Waals surface area (Å²) in [6, 6.07) is 15.4. The van der Waals surface area contributed by atoms with Gasteiger partial charge in [0.1, 0.15) is 35.0 Å². The van der Waals surface area contributed by atoms with E-state index in [9.17, 15) is 20.1 Å². The highest BCUT2D eigenvalue weighted by atomic mass is 35.5. The summed E-state index contributed by atoms with van der Waals surface area (Å²) in [6.07, 6.45) is -2.62. The molecule has 0 bridgehead atoms. The first-order valence-corrected chi connectivity index (χ1v) is 13.3. The van der Waals surface area contributed by atoms with Crippen LogP contribution in [0.4, 0.5) is 5.82 Å². The third kappa shape index (κ3) is 4.45. The van der Waals surface area contributed by atoms with Crippen LogP contribution in [0.15, 0.2) is 59.5 Å². The Bertz CT molecular complexity index is 1770. The number of aliphatic hydroxyl groups is 3. The first-order valence-electron chi connectivity index (χ1n) is 12.9. The number of hydrogen-bond donors (Lipinski definition) is 4. The number of benzene rings is 2. The van der Waals surface area contributed by atoms with E-state index in [1.807, 2.05) is 42.5 Å². The molecule has 6 rings (SSSR count). The van der Waals surface area contributed by atoms with Crippen LogP contribution < -0.4 is 15.7 Å². The maximum Gasteiger partial charge on any atom is 0.351 e. The molecule has 1 fully saturated rings. The van der Waals surface area contributed by atoms with E-state index in [0.29, 0.717) is 30.5 Å². The van der Waals surface area contributed by atoms with Crippen LogP contribution >= 0.6 is 11.6 Å². The molecule has 0 unspecified atom stereocenters. The lowest BCUT2D eigenvalue weighted by atomic mass is 10.1. The monoisotopic (exact) mass is 565 g/mol. The fourth-order valence-electron chi connectivity index (χ4n) is 5.36. The Labute approximate surface area is 233 Å². The van der Waals surface area contributed by atoms with Gasteiger partial charge in [-0.3, -0.25) is 4.57 Å². The molecular formula is C28H28ClN5O6. The minimum atomic E-state index is -1.36. The summed E-state index contributed by atoms with van der Waals surface area (Å²) < 4.78 is 14.2. The molecule has 0 radical (unpaired) electrons. The van der Waals surface area contributed by atoms with Crippen LogP contribution in [0.25, 0.3) is 32.7 Å². The first kappa shape index (κ1) is 26.5. The number of pyridine rings is 1. The Morgan fingerprint density at radius 1 is 1.07 bits per heavy atom. The van der Waals surface area contributed by atoms with Gasteiger partial charge in [-0.25, -0.2) is 9.78 Å². The van der Waals surface area contributed by atoms with Crippen LogP contribution in [0.3, 0.4) is 0 Å². The Kier molecular flexibility index (Phi) is 7.07. The number of rotatable bonds is 8. The van der Waals surface area contributed by atoms with Crippen molar-refractivity contribution in [2.45, 2.75) is 37.5 Å². The maximum absolute atomic E-state index is 12.6. The molecule has 1 aliphatic heterocycles. The molecule has 4 N–H and O–H groups in total. The SMILES string of the molecule is COc1ccc2c(c1)c1nc(Cl)c3ccccc3c1n2CCCNc1ccn([C@@H]2O[C@H](CO)[C@@H](O)[C@@H]2O)c(=O)n1. The van der Waals surface area contributed by atoms with Crippen molar-refractivity contribution in [1.82, 2.24) is 19.1 Å². The van der Waals surface area contributed by atoms with E-state index in [0.717, 1.165) is 43.0 Å². The van der Waals surface area contributed by atoms with Crippen LogP contribution in [0.2, 0.25) is 5.15 Å². The van der Waals surface area contributed by atoms with Gasteiger partial charge in [0.2, 0.25) is 0 Å². The fourth-order valence-corrected chi connectivity index (χ4v) is 5.61. The van der Waals surface area contributed by atoms with Crippen LogP contribution in [0, 0.1) is 0 Å². The fraction of sp³-hybridized carbons (Fsp3) is 0.321. The minimum Gasteiger partial charge on any atom is -0.497 e. The van der Waals surface area contributed by atoms with Crippen molar-refractivity contribution in [1.29, 1.82) is 0 Å². The molecule has 4 atom stereocenters. The highest BCUT2D eigenvalue weighted by molar-refractivity contribution is 6.36. The lowest BCUT2D eigenvalue weighted by molar-refractivity contribution is -0.0549. The van der Waals surface area contributed by atoms with Gasteiger partial charge in [0.05, 0.1) is 30.3 Å². The summed E-state index contributed by atoms with van der Waals surface area (Å²) in [5.41, 5.74) is 2.16. The quantitative estimate of drug-likeness (QED) is 0.165. The third-order valence-electron chi connectivity index (χ3n) is 7.34. The second-order valence-corrected chi connectivity index (χ2v) is 10.0. The molecule has 0 amide bonds. The van der Waals surface area contributed by atoms with Crippen LogP contribution in [0.5, 0.6) is 5.75 Å². The zero-order valence-corrected chi connectivity index (χ0v) is 22.3. The van der Waals surface area contributed by atoms with Gasteiger partial charge < -0.3 is 34.7 Å². The molecule has 3 aromatic heterocycles. The van der Waals surface area contributed by atoms with Gasteiger partial charge >= 0.3 is 5.69 Å². The zero-order valence-electron chi connectivity index (χ0n) is 21.6. The Hall–Kier alpha value is -3.74. The van der Waals surface area contributed by atoms with Crippen molar-refractivity contribution >= 4 is 50.1 Å². The van der Waals surface area contributed by atoms with Crippen molar-refractivity contribution in [3.63, 3.8) is 0 Å². The maximum atomic E-state index is 12.6. The molecule has 2 aromatic carbocycles. The van der Waals surface area contributed by atoms with E-state index in [2.05, 4.69) is 14.9 Å². The predicted octanol–water partition coefficient (Wildman–Crippen LogP) is 2.68. The van der Waals surface area contributed by atoms with Gasteiger partial charge in [-0.05, 0) is 30.7 Å². The summed E-state index contributed by atoms with van der Waals surface area (Å²) in [7, 11) is 1.63. The Balaban J connectivity index is 1.24. The van der Waals surface area contributed by atoms with E-state index >= 15 is 0 Å². The van der Waals surface area contributed by atoms with Crippen molar-refractivity contribution < 1.29 is 24.8 Å². The summed E-state index contributed by atoms with van der Waals surface area (Å²) >= 11 is 6.57. The normalized spacial score (nSPS) is 21.0. The average molecular weight is 566 g/mol. The Morgan fingerprint density at radius 2 is 1.88 bits per heavy atom. The summed E-state index contributed by atoms with van der Waals surface area (Å²) in [6.45, 7) is 0.710. The number of ether oxygens (including phenoxy) is 2. The number of hydrogen-bond acceptors (Lipinski definition) is 9. The van der Waals surface area contributed by atoms with Crippen molar-refractivity contribution in [3.8, 4) is 5.75 Å². The highest BCUT2D eigenvalue weighted by Gasteiger charge is 2.43. The number of aryl methyl sites for hydroxylation is 1. The summed E-state index contributed by atoms with van der Waals surface area (Å²) in [5, 5.41) is 36.0. The van der Waals surface area contributed by atoms with Gasteiger partial charge in [-0.2, -0.15) is 4.98 Å². The second-order valence-electron chi connectivity index (χ2n) is 9.69. The lowest BCUT2D eigenvalue weighted by Crippen LogP contribution is -2.36. The second kappa shape index (κ2) is 10.7. The van der Waals surface area contributed by atoms with E-state index in [1.54, 1.807) is 13.2 Å². The van der Waals surface area contributed by atoms with Crippen LogP contribution in [0.1, 0.15) is 12.6 Å². The molecule has 0 spiro atoms. The van der Waals surface area contributed by atoms with Crippen molar-refractivity contribution in [2.75, 3.05) is 25.6 Å². The molecule has 40 heavy (non-hydrogen) atoms. The third-order valence-corrected chi connectivity index (χ3v) is 7.63. The largest absolute Gasteiger partial charge is 0.497 e. The van der Waals surface area contributed by atoms with Crippen molar-refractivity contribution in [2.24, 2.45) is 0 Å². The van der Waals surface area contributed by atoms with Gasteiger partial charge in [0.25, 0.3) is 0 Å². The van der Waals surface area contributed by atoms with Gasteiger partial charge in [0, 0.05) is 35.4 Å². The van der Waals surface area contributed by atoms with Crippen LogP contribution in [-0.2, 0) is 11.3 Å².